The lowest BCUT2D eigenvalue weighted by atomic mass is 10.2. The lowest BCUT2D eigenvalue weighted by Crippen LogP contribution is -2.32. The van der Waals surface area contributed by atoms with Crippen LogP contribution in [0.25, 0.3) is 16.7 Å². The van der Waals surface area contributed by atoms with Gasteiger partial charge < -0.3 is 9.64 Å². The molecule has 166 valence electrons. The van der Waals surface area contributed by atoms with E-state index in [1.165, 1.54) is 0 Å². The third-order valence-corrected chi connectivity index (χ3v) is 5.41. The van der Waals surface area contributed by atoms with Gasteiger partial charge in [-0.05, 0) is 55.5 Å². The van der Waals surface area contributed by atoms with E-state index in [0.717, 1.165) is 34.0 Å². The quantitative estimate of drug-likeness (QED) is 0.355. The molecule has 0 saturated carbocycles. The van der Waals surface area contributed by atoms with Gasteiger partial charge in [-0.2, -0.15) is 5.26 Å². The number of ether oxygens (including phenoxy) is 1. The summed E-state index contributed by atoms with van der Waals surface area (Å²) in [4.78, 5) is 19.7. The van der Waals surface area contributed by atoms with Crippen LogP contribution in [0.3, 0.4) is 0 Å². The van der Waals surface area contributed by atoms with Gasteiger partial charge >= 0.3 is 0 Å². The summed E-state index contributed by atoms with van der Waals surface area (Å²) in [6.07, 6.45) is 1.04. The summed E-state index contributed by atoms with van der Waals surface area (Å²) in [5.41, 5.74) is 3.69. The zero-order valence-corrected chi connectivity index (χ0v) is 18.6. The topological polar surface area (TPSA) is 71.2 Å². The second-order valence-electron chi connectivity index (χ2n) is 7.57. The number of imidazole rings is 1. The van der Waals surface area contributed by atoms with E-state index in [4.69, 9.17) is 15.0 Å². The van der Waals surface area contributed by atoms with Gasteiger partial charge in [-0.3, -0.25) is 9.36 Å². The molecule has 6 heteroatoms. The fourth-order valence-electron chi connectivity index (χ4n) is 3.91. The Hall–Kier alpha value is -4.11. The maximum absolute atomic E-state index is 13.2. The molecule has 0 unspecified atom stereocenters. The molecule has 0 aliphatic heterocycles. The highest BCUT2D eigenvalue weighted by molar-refractivity contribution is 5.93. The van der Waals surface area contributed by atoms with Crippen molar-refractivity contribution in [1.29, 1.82) is 5.26 Å². The molecule has 0 aliphatic carbocycles. The molecule has 4 aromatic rings. The highest BCUT2D eigenvalue weighted by atomic mass is 16.5. The Bertz CT molecular complexity index is 1260. The van der Waals surface area contributed by atoms with Crippen molar-refractivity contribution in [2.45, 2.75) is 26.2 Å². The number of amides is 1. The Kier molecular flexibility index (Phi) is 7.01. The summed E-state index contributed by atoms with van der Waals surface area (Å²) in [5, 5.41) is 9.09. The number of aryl methyl sites for hydroxylation is 1. The summed E-state index contributed by atoms with van der Waals surface area (Å²) >= 11 is 0. The van der Waals surface area contributed by atoms with Crippen LogP contribution in [0.1, 0.15) is 25.6 Å². The molecule has 0 atom stereocenters. The molecule has 4 rings (SSSR count). The fraction of sp³-hybridized carbons (Fsp3) is 0.222. The van der Waals surface area contributed by atoms with E-state index in [9.17, 15) is 4.79 Å². The van der Waals surface area contributed by atoms with Crippen molar-refractivity contribution >= 4 is 22.6 Å². The first-order chi connectivity index (χ1) is 16.2. The van der Waals surface area contributed by atoms with Crippen molar-refractivity contribution in [3.63, 3.8) is 0 Å². The Morgan fingerprint density at radius 1 is 1.03 bits per heavy atom. The summed E-state index contributed by atoms with van der Waals surface area (Å²) in [7, 11) is 0. The summed E-state index contributed by atoms with van der Waals surface area (Å²) in [5.74, 6) is 1.55. The zero-order chi connectivity index (χ0) is 23.0. The van der Waals surface area contributed by atoms with Crippen LogP contribution >= 0.6 is 0 Å². The Morgan fingerprint density at radius 3 is 2.48 bits per heavy atom. The molecule has 0 aliphatic rings. The predicted molar refractivity (Wildman–Crippen MR) is 130 cm³/mol. The molecular weight excluding hydrogens is 412 g/mol. The molecule has 1 heterocycles. The molecule has 0 saturated heterocycles. The van der Waals surface area contributed by atoms with Gasteiger partial charge in [0.1, 0.15) is 11.6 Å². The number of hydrogen-bond acceptors (Lipinski definition) is 4. The van der Waals surface area contributed by atoms with E-state index in [0.29, 0.717) is 19.6 Å². The van der Waals surface area contributed by atoms with Gasteiger partial charge in [-0.1, -0.05) is 30.3 Å². The van der Waals surface area contributed by atoms with Crippen LogP contribution < -0.4 is 9.64 Å². The second-order valence-corrected chi connectivity index (χ2v) is 7.57. The molecule has 6 nitrogen and oxygen atoms in total. The van der Waals surface area contributed by atoms with Crippen molar-refractivity contribution in [2.75, 3.05) is 18.1 Å². The smallest absolute Gasteiger partial charge is 0.227 e. The van der Waals surface area contributed by atoms with Gasteiger partial charge in [0.25, 0.3) is 0 Å². The SMILES string of the molecule is CCOc1ccc(N(CCC#N)C(=O)CCc2nc3ccccc3n2-c2ccccc2)cc1. The maximum Gasteiger partial charge on any atom is 0.227 e. The molecule has 0 radical (unpaired) electrons. The van der Waals surface area contributed by atoms with Gasteiger partial charge in [0.05, 0.1) is 30.1 Å². The first kappa shape index (κ1) is 22.1. The predicted octanol–water partition coefficient (Wildman–Crippen LogP) is 5.30. The first-order valence-corrected chi connectivity index (χ1v) is 11.1. The number of anilines is 1. The van der Waals surface area contributed by atoms with Gasteiger partial charge in [-0.15, -0.1) is 0 Å². The monoisotopic (exact) mass is 438 g/mol. The molecule has 0 spiro atoms. The number of aromatic nitrogens is 2. The zero-order valence-electron chi connectivity index (χ0n) is 18.6. The minimum atomic E-state index is -0.0407. The van der Waals surface area contributed by atoms with Crippen LogP contribution in [0.2, 0.25) is 0 Å². The molecule has 33 heavy (non-hydrogen) atoms. The second kappa shape index (κ2) is 10.5. The Morgan fingerprint density at radius 2 is 1.76 bits per heavy atom. The molecular formula is C27H26N4O2. The summed E-state index contributed by atoms with van der Waals surface area (Å²) in [6.45, 7) is 2.86. The van der Waals surface area contributed by atoms with Crippen LogP contribution in [-0.2, 0) is 11.2 Å². The normalized spacial score (nSPS) is 10.7. The van der Waals surface area contributed by atoms with E-state index >= 15 is 0 Å². The largest absolute Gasteiger partial charge is 0.494 e. The van der Waals surface area contributed by atoms with E-state index < -0.39 is 0 Å². The van der Waals surface area contributed by atoms with Crippen LogP contribution in [-0.4, -0.2) is 28.6 Å². The third kappa shape index (κ3) is 5.04. The first-order valence-electron chi connectivity index (χ1n) is 11.1. The van der Waals surface area contributed by atoms with E-state index in [1.807, 2.05) is 85.8 Å². The minimum Gasteiger partial charge on any atom is -0.494 e. The summed E-state index contributed by atoms with van der Waals surface area (Å²) in [6, 6.07) is 27.6. The highest BCUT2D eigenvalue weighted by Gasteiger charge is 2.18. The number of nitriles is 1. The van der Waals surface area contributed by atoms with Crippen molar-refractivity contribution < 1.29 is 9.53 Å². The lowest BCUT2D eigenvalue weighted by molar-refractivity contribution is -0.118. The Labute approximate surface area is 193 Å². The van der Waals surface area contributed by atoms with Gasteiger partial charge in [-0.25, -0.2) is 4.98 Å². The molecule has 1 aromatic heterocycles. The highest BCUT2D eigenvalue weighted by Crippen LogP contribution is 2.24. The maximum atomic E-state index is 13.2. The van der Waals surface area contributed by atoms with Crippen molar-refractivity contribution in [3.8, 4) is 17.5 Å². The average Bonchev–Trinajstić information content (AvgIpc) is 3.23. The number of rotatable bonds is 9. The number of carbonyl (C=O) groups excluding carboxylic acids is 1. The fourth-order valence-corrected chi connectivity index (χ4v) is 3.91. The van der Waals surface area contributed by atoms with Crippen LogP contribution in [0, 0.1) is 11.3 Å². The minimum absolute atomic E-state index is 0.0407. The van der Waals surface area contributed by atoms with Crippen molar-refractivity contribution in [1.82, 2.24) is 9.55 Å². The Balaban J connectivity index is 1.58. The number of hydrogen-bond donors (Lipinski definition) is 0. The number of fused-ring (bicyclic) bond motifs is 1. The van der Waals surface area contributed by atoms with Crippen LogP contribution in [0.4, 0.5) is 5.69 Å². The molecule has 0 fully saturated rings. The molecule has 1 amide bonds. The average molecular weight is 439 g/mol. The van der Waals surface area contributed by atoms with E-state index in [2.05, 4.69) is 10.6 Å². The van der Waals surface area contributed by atoms with Gasteiger partial charge in [0.2, 0.25) is 5.91 Å². The van der Waals surface area contributed by atoms with E-state index in [-0.39, 0.29) is 18.7 Å². The molecule has 0 bridgehead atoms. The van der Waals surface area contributed by atoms with Crippen molar-refractivity contribution in [3.05, 3.63) is 84.7 Å². The number of carbonyl (C=O) groups is 1. The number of nitrogens with zero attached hydrogens (tertiary/aromatic N) is 4. The van der Waals surface area contributed by atoms with Crippen LogP contribution in [0.15, 0.2) is 78.9 Å². The van der Waals surface area contributed by atoms with Gasteiger partial charge in [0.15, 0.2) is 0 Å². The van der Waals surface area contributed by atoms with Crippen molar-refractivity contribution in [2.24, 2.45) is 0 Å². The number of para-hydroxylation sites is 3. The number of benzene rings is 3. The third-order valence-electron chi connectivity index (χ3n) is 5.41. The molecule has 0 N–H and O–H groups in total. The molecule has 3 aromatic carbocycles. The standard InChI is InChI=1S/C27H26N4O2/c1-2-33-23-15-13-21(14-16-23)30(20-8-19-28)27(32)18-17-26-29-24-11-6-7-12-25(24)31(26)22-9-4-3-5-10-22/h3-7,9-16H,2,8,17-18,20H2,1H3. The van der Waals surface area contributed by atoms with Gasteiger partial charge in [0, 0.05) is 30.8 Å². The summed E-state index contributed by atoms with van der Waals surface area (Å²) < 4.78 is 7.61. The lowest BCUT2D eigenvalue weighted by Gasteiger charge is -2.22. The van der Waals surface area contributed by atoms with E-state index in [1.54, 1.807) is 4.90 Å². The van der Waals surface area contributed by atoms with Crippen LogP contribution in [0.5, 0.6) is 5.75 Å².